The van der Waals surface area contributed by atoms with Crippen LogP contribution in [0.3, 0.4) is 0 Å². The van der Waals surface area contributed by atoms with Gasteiger partial charge < -0.3 is 4.90 Å². The van der Waals surface area contributed by atoms with E-state index >= 15 is 0 Å². The number of aliphatic imine (C=N–C) groups is 1. The number of nitrogens with zero attached hydrogens (tertiary/aromatic N) is 2. The highest BCUT2D eigenvalue weighted by Crippen LogP contribution is 2.46. The minimum absolute atomic E-state index is 0.00553. The van der Waals surface area contributed by atoms with Gasteiger partial charge in [0, 0.05) is 23.9 Å². The lowest BCUT2D eigenvalue weighted by Crippen LogP contribution is -2.44. The molecule has 2 heterocycles. The van der Waals surface area contributed by atoms with Crippen molar-refractivity contribution < 1.29 is 0 Å². The van der Waals surface area contributed by atoms with E-state index in [-0.39, 0.29) is 10.8 Å². The van der Waals surface area contributed by atoms with Crippen LogP contribution in [0, 0.1) is 16.2 Å². The number of amidine groups is 2. The Bertz CT molecular complexity index is 320. The maximum absolute atomic E-state index is 7.99. The van der Waals surface area contributed by atoms with E-state index in [1.54, 1.807) is 0 Å². The second kappa shape index (κ2) is 3.06. The third kappa shape index (κ3) is 1.32. The van der Waals surface area contributed by atoms with Gasteiger partial charge >= 0.3 is 0 Å². The van der Waals surface area contributed by atoms with E-state index in [2.05, 4.69) is 37.6 Å². The number of likely N-dealkylation sites (tertiary alicyclic amines) is 1. The maximum atomic E-state index is 7.99. The predicted molar refractivity (Wildman–Crippen MR) is 63.5 cm³/mol. The van der Waals surface area contributed by atoms with Crippen LogP contribution in [0.2, 0.25) is 0 Å². The number of hydrogen-bond acceptors (Lipinski definition) is 2. The van der Waals surface area contributed by atoms with E-state index in [1.807, 2.05) is 0 Å². The Morgan fingerprint density at radius 1 is 1.07 bits per heavy atom. The molecule has 0 aromatic carbocycles. The van der Waals surface area contributed by atoms with Gasteiger partial charge in [0.05, 0.1) is 0 Å². The first kappa shape index (κ1) is 10.7. The van der Waals surface area contributed by atoms with E-state index in [1.165, 1.54) is 12.8 Å². The van der Waals surface area contributed by atoms with Gasteiger partial charge in [-0.05, 0) is 12.8 Å². The molecule has 0 radical (unpaired) electrons. The Balaban J connectivity index is 2.33. The summed E-state index contributed by atoms with van der Waals surface area (Å²) < 4.78 is 0. The first-order valence-corrected chi connectivity index (χ1v) is 5.80. The van der Waals surface area contributed by atoms with Crippen molar-refractivity contribution in [3.05, 3.63) is 0 Å². The van der Waals surface area contributed by atoms with E-state index < -0.39 is 0 Å². The van der Waals surface area contributed by atoms with Crippen LogP contribution in [0.25, 0.3) is 0 Å². The van der Waals surface area contributed by atoms with Crippen molar-refractivity contribution in [2.75, 3.05) is 13.1 Å². The zero-order valence-electron chi connectivity index (χ0n) is 10.2. The molecule has 0 amide bonds. The van der Waals surface area contributed by atoms with Crippen LogP contribution in [-0.2, 0) is 0 Å². The molecule has 0 spiro atoms. The number of rotatable bonds is 0. The molecule has 1 fully saturated rings. The maximum Gasteiger partial charge on any atom is 0.129 e. The molecule has 2 rings (SSSR count). The van der Waals surface area contributed by atoms with Crippen molar-refractivity contribution in [1.82, 2.24) is 4.90 Å². The fraction of sp³-hybridized carbons (Fsp3) is 0.833. The molecule has 0 aliphatic carbocycles. The van der Waals surface area contributed by atoms with Crippen molar-refractivity contribution in [2.24, 2.45) is 15.8 Å². The van der Waals surface area contributed by atoms with Crippen LogP contribution in [0.4, 0.5) is 0 Å². The lowest BCUT2D eigenvalue weighted by atomic mass is 9.68. The molecule has 0 bridgehead atoms. The van der Waals surface area contributed by atoms with Gasteiger partial charge in [0.25, 0.3) is 0 Å². The average molecular weight is 207 g/mol. The normalized spacial score (nSPS) is 28.4. The third-order valence-electron chi connectivity index (χ3n) is 4.34. The molecular weight excluding hydrogens is 186 g/mol. The molecule has 3 heteroatoms. The Hall–Kier alpha value is -0.860. The lowest BCUT2D eigenvalue weighted by Gasteiger charge is -2.37. The molecule has 2 aliphatic rings. The van der Waals surface area contributed by atoms with Crippen molar-refractivity contribution in [3.8, 4) is 0 Å². The molecule has 0 saturated carbocycles. The van der Waals surface area contributed by atoms with Gasteiger partial charge in [-0.2, -0.15) is 0 Å². The van der Waals surface area contributed by atoms with Gasteiger partial charge in [-0.1, -0.05) is 27.7 Å². The molecule has 2 aliphatic heterocycles. The molecule has 0 unspecified atom stereocenters. The van der Waals surface area contributed by atoms with Crippen LogP contribution < -0.4 is 0 Å². The minimum atomic E-state index is -0.134. The summed E-state index contributed by atoms with van der Waals surface area (Å²) in [6.45, 7) is 10.9. The zero-order valence-corrected chi connectivity index (χ0v) is 10.2. The molecular formula is C12H21N3. The zero-order chi connectivity index (χ0) is 11.3. The Kier molecular flexibility index (Phi) is 2.18. The van der Waals surface area contributed by atoms with Crippen LogP contribution in [0.1, 0.15) is 40.5 Å². The first-order chi connectivity index (χ1) is 6.87. The average Bonchev–Trinajstić information content (AvgIpc) is 2.69. The summed E-state index contributed by atoms with van der Waals surface area (Å²) in [4.78, 5) is 6.87. The molecule has 3 nitrogen and oxygen atoms in total. The SMILES string of the molecule is CC1(C)C(=N)N=C(N2CCCC2)C1(C)C. The van der Waals surface area contributed by atoms with E-state index in [0.717, 1.165) is 18.9 Å². The molecule has 84 valence electrons. The smallest absolute Gasteiger partial charge is 0.129 e. The molecule has 0 aromatic rings. The van der Waals surface area contributed by atoms with Gasteiger partial charge in [-0.3, -0.25) is 5.41 Å². The molecule has 1 N–H and O–H groups in total. The van der Waals surface area contributed by atoms with Crippen molar-refractivity contribution in [1.29, 1.82) is 5.41 Å². The van der Waals surface area contributed by atoms with Crippen molar-refractivity contribution in [2.45, 2.75) is 40.5 Å². The van der Waals surface area contributed by atoms with Gasteiger partial charge in [-0.25, -0.2) is 4.99 Å². The van der Waals surface area contributed by atoms with Crippen LogP contribution in [0.15, 0.2) is 4.99 Å². The van der Waals surface area contributed by atoms with Crippen molar-refractivity contribution >= 4 is 11.7 Å². The second-order valence-corrected chi connectivity index (χ2v) is 5.73. The van der Waals surface area contributed by atoms with Gasteiger partial charge in [0.15, 0.2) is 0 Å². The summed E-state index contributed by atoms with van der Waals surface area (Å²) in [5.41, 5.74) is -0.140. The Morgan fingerprint density at radius 3 is 2.00 bits per heavy atom. The van der Waals surface area contributed by atoms with Crippen LogP contribution in [-0.4, -0.2) is 29.7 Å². The fourth-order valence-corrected chi connectivity index (χ4v) is 2.36. The van der Waals surface area contributed by atoms with Crippen molar-refractivity contribution in [3.63, 3.8) is 0 Å². The highest BCUT2D eigenvalue weighted by Gasteiger charge is 2.51. The second-order valence-electron chi connectivity index (χ2n) is 5.73. The Labute approximate surface area is 92.1 Å². The first-order valence-electron chi connectivity index (χ1n) is 5.80. The minimum Gasteiger partial charge on any atom is -0.360 e. The Morgan fingerprint density at radius 2 is 1.60 bits per heavy atom. The fourth-order valence-electron chi connectivity index (χ4n) is 2.36. The quantitative estimate of drug-likeness (QED) is 0.651. The number of hydrogen-bond donors (Lipinski definition) is 1. The number of nitrogens with one attached hydrogen (secondary N) is 1. The van der Waals surface area contributed by atoms with Gasteiger partial charge in [-0.15, -0.1) is 0 Å². The molecule has 15 heavy (non-hydrogen) atoms. The summed E-state index contributed by atoms with van der Waals surface area (Å²) in [5, 5.41) is 7.99. The standard InChI is InChI=1S/C12H21N3/c1-11(2)9(13)14-10(12(11,3)4)15-7-5-6-8-15/h13H,5-8H2,1-4H3. The summed E-state index contributed by atoms with van der Waals surface area (Å²) in [5.74, 6) is 1.67. The molecule has 0 aromatic heterocycles. The highest BCUT2D eigenvalue weighted by atomic mass is 15.2. The summed E-state index contributed by atoms with van der Waals surface area (Å²) in [7, 11) is 0. The topological polar surface area (TPSA) is 39.5 Å². The van der Waals surface area contributed by atoms with E-state index in [0.29, 0.717) is 5.84 Å². The summed E-state index contributed by atoms with van der Waals surface area (Å²) in [6.07, 6.45) is 2.53. The lowest BCUT2D eigenvalue weighted by molar-refractivity contribution is 0.269. The highest BCUT2D eigenvalue weighted by molar-refractivity contribution is 6.09. The summed E-state index contributed by atoms with van der Waals surface area (Å²) in [6, 6.07) is 0. The summed E-state index contributed by atoms with van der Waals surface area (Å²) >= 11 is 0. The van der Waals surface area contributed by atoms with E-state index in [9.17, 15) is 0 Å². The third-order valence-corrected chi connectivity index (χ3v) is 4.34. The predicted octanol–water partition coefficient (Wildman–Crippen LogP) is 2.52. The molecule has 0 atom stereocenters. The van der Waals surface area contributed by atoms with Gasteiger partial charge in [0.2, 0.25) is 0 Å². The largest absolute Gasteiger partial charge is 0.360 e. The monoisotopic (exact) mass is 207 g/mol. The van der Waals surface area contributed by atoms with Crippen LogP contribution in [0.5, 0.6) is 0 Å². The molecule has 1 saturated heterocycles. The van der Waals surface area contributed by atoms with Gasteiger partial charge in [0.1, 0.15) is 11.7 Å². The van der Waals surface area contributed by atoms with Crippen LogP contribution >= 0.6 is 0 Å². The van der Waals surface area contributed by atoms with E-state index in [4.69, 9.17) is 5.41 Å².